The monoisotopic (exact) mass is 580 g/mol. The fourth-order valence-electron chi connectivity index (χ4n) is 4.78. The molecule has 0 aliphatic rings. The second-order valence-corrected chi connectivity index (χ2v) is 9.56. The molecule has 0 saturated heterocycles. The van der Waals surface area contributed by atoms with E-state index in [1.54, 1.807) is 18.3 Å². The second kappa shape index (κ2) is 13.1. The van der Waals surface area contributed by atoms with Crippen LogP contribution in [0.4, 0.5) is 0 Å². The van der Waals surface area contributed by atoms with Gasteiger partial charge in [-0.15, -0.1) is 0 Å². The molecule has 9 nitrogen and oxygen atoms in total. The zero-order valence-electron chi connectivity index (χ0n) is 24.7. The Hall–Kier alpha value is -5.31. The van der Waals surface area contributed by atoms with Crippen LogP contribution in [0, 0.1) is 6.92 Å². The van der Waals surface area contributed by atoms with Gasteiger partial charge in [-0.1, -0.05) is 36.4 Å². The molecule has 0 N–H and O–H groups in total. The summed E-state index contributed by atoms with van der Waals surface area (Å²) in [4.78, 5) is 22.3. The van der Waals surface area contributed by atoms with Gasteiger partial charge in [-0.2, -0.15) is 0 Å². The fraction of sp³-hybridized carbons (Fsp3) is 0.206. The van der Waals surface area contributed by atoms with Gasteiger partial charge in [0.05, 0.1) is 28.4 Å². The summed E-state index contributed by atoms with van der Waals surface area (Å²) in [5.74, 6) is 1.51. The summed E-state index contributed by atoms with van der Waals surface area (Å²) in [6.07, 6.45) is 1.73. The van der Waals surface area contributed by atoms with E-state index < -0.39 is 5.97 Å². The van der Waals surface area contributed by atoms with Crippen molar-refractivity contribution in [1.82, 2.24) is 9.97 Å². The molecule has 5 rings (SSSR count). The third kappa shape index (κ3) is 6.16. The number of carbonyl (C=O) groups excluding carboxylic acids is 1. The van der Waals surface area contributed by atoms with Gasteiger partial charge in [0.1, 0.15) is 19.0 Å². The van der Waals surface area contributed by atoms with Crippen molar-refractivity contribution in [2.45, 2.75) is 20.1 Å². The topological polar surface area (TPSA) is 98.2 Å². The largest absolute Gasteiger partial charge is 0.493 e. The van der Waals surface area contributed by atoms with Gasteiger partial charge in [0.25, 0.3) is 0 Å². The number of benzene rings is 3. The van der Waals surface area contributed by atoms with Gasteiger partial charge in [0.2, 0.25) is 11.6 Å². The average Bonchev–Trinajstić information content (AvgIpc) is 3.05. The number of esters is 1. The SMILES string of the molecule is COC(=O)c1nc(OCc2cccnc2C)c2cc(OCc3ccccc3)ccc2c1-c1cc(OC)c(OC)c(OC)c1. The lowest BCUT2D eigenvalue weighted by Crippen LogP contribution is -2.10. The standard InChI is InChI=1S/C34H32N2O7/c1-21-23(12-9-15-35-21)20-43-33-27-18-25(42-19-22-10-7-6-8-11-22)13-14-26(27)30(31(36-33)34(37)41-5)24-16-28(38-2)32(40-4)29(17-24)39-3/h6-18H,19-20H2,1-5H3. The number of aryl methyl sites for hydroxylation is 1. The summed E-state index contributed by atoms with van der Waals surface area (Å²) in [5.41, 5.74) is 3.95. The van der Waals surface area contributed by atoms with Crippen molar-refractivity contribution >= 4 is 16.7 Å². The minimum Gasteiger partial charge on any atom is -0.493 e. The van der Waals surface area contributed by atoms with Crippen LogP contribution in [-0.4, -0.2) is 44.4 Å². The lowest BCUT2D eigenvalue weighted by molar-refractivity contribution is 0.0594. The van der Waals surface area contributed by atoms with E-state index in [1.807, 2.05) is 67.6 Å². The molecule has 5 aromatic rings. The quantitative estimate of drug-likeness (QED) is 0.161. The summed E-state index contributed by atoms with van der Waals surface area (Å²) in [6, 6.07) is 22.8. The van der Waals surface area contributed by atoms with E-state index in [-0.39, 0.29) is 18.2 Å². The van der Waals surface area contributed by atoms with Crippen LogP contribution in [0.1, 0.15) is 27.3 Å². The Bertz CT molecular complexity index is 1730. The molecule has 0 radical (unpaired) electrons. The van der Waals surface area contributed by atoms with Crippen LogP contribution in [-0.2, 0) is 18.0 Å². The molecular formula is C34H32N2O7. The van der Waals surface area contributed by atoms with Gasteiger partial charge in [-0.05, 0) is 59.8 Å². The first-order valence-corrected chi connectivity index (χ1v) is 13.5. The van der Waals surface area contributed by atoms with Crippen molar-refractivity contribution in [3.8, 4) is 40.0 Å². The molecule has 0 saturated carbocycles. The molecular weight excluding hydrogens is 548 g/mol. The number of carbonyl (C=O) groups is 1. The minimum atomic E-state index is -0.627. The van der Waals surface area contributed by atoms with E-state index in [0.29, 0.717) is 51.5 Å². The number of aromatic nitrogens is 2. The Balaban J connectivity index is 1.70. The molecule has 220 valence electrons. The van der Waals surface area contributed by atoms with Gasteiger partial charge >= 0.3 is 5.97 Å². The first-order chi connectivity index (χ1) is 21.0. The van der Waals surface area contributed by atoms with Crippen LogP contribution in [0.5, 0.6) is 28.9 Å². The number of pyridine rings is 2. The van der Waals surface area contributed by atoms with E-state index in [4.69, 9.17) is 33.4 Å². The highest BCUT2D eigenvalue weighted by Gasteiger charge is 2.25. The number of nitrogens with zero attached hydrogens (tertiary/aromatic N) is 2. The third-order valence-electron chi connectivity index (χ3n) is 7.00. The van der Waals surface area contributed by atoms with Gasteiger partial charge < -0.3 is 28.4 Å². The van der Waals surface area contributed by atoms with Crippen LogP contribution in [0.2, 0.25) is 0 Å². The molecule has 0 spiro atoms. The van der Waals surface area contributed by atoms with Crippen LogP contribution >= 0.6 is 0 Å². The van der Waals surface area contributed by atoms with Gasteiger partial charge in [-0.3, -0.25) is 4.98 Å². The van der Waals surface area contributed by atoms with Crippen LogP contribution in [0.15, 0.2) is 79.0 Å². The van der Waals surface area contributed by atoms with Gasteiger partial charge in [-0.25, -0.2) is 9.78 Å². The number of fused-ring (bicyclic) bond motifs is 1. The summed E-state index contributed by atoms with van der Waals surface area (Å²) in [6.45, 7) is 2.49. The number of hydrogen-bond acceptors (Lipinski definition) is 9. The summed E-state index contributed by atoms with van der Waals surface area (Å²) in [5, 5.41) is 1.33. The Morgan fingerprint density at radius 3 is 2.16 bits per heavy atom. The Morgan fingerprint density at radius 2 is 1.51 bits per heavy atom. The molecule has 9 heteroatoms. The number of hydrogen-bond donors (Lipinski definition) is 0. The Labute approximate surface area is 249 Å². The number of ether oxygens (including phenoxy) is 6. The Morgan fingerprint density at radius 1 is 0.767 bits per heavy atom. The van der Waals surface area contributed by atoms with Crippen molar-refractivity contribution in [2.75, 3.05) is 28.4 Å². The molecule has 2 aromatic heterocycles. The molecule has 0 bridgehead atoms. The first-order valence-electron chi connectivity index (χ1n) is 13.5. The first kappa shape index (κ1) is 29.2. The normalized spacial score (nSPS) is 10.7. The zero-order valence-corrected chi connectivity index (χ0v) is 24.7. The molecule has 3 aromatic carbocycles. The Kier molecular flexibility index (Phi) is 8.90. The van der Waals surface area contributed by atoms with Crippen molar-refractivity contribution < 1.29 is 33.2 Å². The molecule has 0 amide bonds. The third-order valence-corrected chi connectivity index (χ3v) is 7.00. The maximum atomic E-state index is 13.2. The average molecular weight is 581 g/mol. The minimum absolute atomic E-state index is 0.0696. The fourth-order valence-corrected chi connectivity index (χ4v) is 4.78. The van der Waals surface area contributed by atoms with Crippen molar-refractivity contribution in [2.24, 2.45) is 0 Å². The van der Waals surface area contributed by atoms with Crippen molar-refractivity contribution in [3.05, 3.63) is 102 Å². The number of methoxy groups -OCH3 is 4. The van der Waals surface area contributed by atoms with E-state index in [1.165, 1.54) is 28.4 Å². The zero-order chi connectivity index (χ0) is 30.3. The smallest absolute Gasteiger partial charge is 0.357 e. The molecule has 0 fully saturated rings. The predicted octanol–water partition coefficient (Wildman–Crippen LogP) is 6.58. The highest BCUT2D eigenvalue weighted by molar-refractivity contribution is 6.08. The van der Waals surface area contributed by atoms with Gasteiger partial charge in [0.15, 0.2) is 17.2 Å². The summed E-state index contributed by atoms with van der Waals surface area (Å²) in [7, 11) is 5.91. The number of rotatable bonds is 11. The predicted molar refractivity (Wildman–Crippen MR) is 162 cm³/mol. The molecule has 43 heavy (non-hydrogen) atoms. The summed E-state index contributed by atoms with van der Waals surface area (Å²) >= 11 is 0. The highest BCUT2D eigenvalue weighted by Crippen LogP contribution is 2.45. The molecule has 0 atom stereocenters. The van der Waals surface area contributed by atoms with Crippen LogP contribution in [0.3, 0.4) is 0 Å². The van der Waals surface area contributed by atoms with E-state index in [9.17, 15) is 4.79 Å². The van der Waals surface area contributed by atoms with E-state index in [2.05, 4.69) is 4.98 Å². The summed E-state index contributed by atoms with van der Waals surface area (Å²) < 4.78 is 34.3. The van der Waals surface area contributed by atoms with E-state index >= 15 is 0 Å². The lowest BCUT2D eigenvalue weighted by atomic mass is 9.96. The molecule has 0 unspecified atom stereocenters. The van der Waals surface area contributed by atoms with Crippen molar-refractivity contribution in [3.63, 3.8) is 0 Å². The van der Waals surface area contributed by atoms with Crippen molar-refractivity contribution in [1.29, 1.82) is 0 Å². The maximum Gasteiger partial charge on any atom is 0.357 e. The molecule has 0 aliphatic carbocycles. The van der Waals surface area contributed by atoms with Gasteiger partial charge in [0, 0.05) is 28.4 Å². The van der Waals surface area contributed by atoms with Crippen LogP contribution in [0.25, 0.3) is 21.9 Å². The lowest BCUT2D eigenvalue weighted by Gasteiger charge is -2.19. The van der Waals surface area contributed by atoms with Crippen LogP contribution < -0.4 is 23.7 Å². The van der Waals surface area contributed by atoms with E-state index in [0.717, 1.165) is 16.8 Å². The maximum absolute atomic E-state index is 13.2. The highest BCUT2D eigenvalue weighted by atomic mass is 16.5. The molecule has 0 aliphatic heterocycles. The second-order valence-electron chi connectivity index (χ2n) is 9.56. The molecule has 2 heterocycles.